The SMILES string of the molecule is c1cc(-n2c3ccc(-c4ccncc4)cc3c3cc(-c4ccncc4)ccc32)cc(-n2c3ccc(-c4ccncc4)cc3c3cc(-c4ccncc4)ccc32)c1. The summed E-state index contributed by atoms with van der Waals surface area (Å²) in [5, 5.41) is 4.78. The van der Waals surface area contributed by atoms with Crippen LogP contribution in [0.3, 0.4) is 0 Å². The first-order valence-corrected chi connectivity index (χ1v) is 18.7. The largest absolute Gasteiger partial charge is 0.309 e. The highest BCUT2D eigenvalue weighted by molar-refractivity contribution is 6.13. The zero-order chi connectivity index (χ0) is 37.0. The van der Waals surface area contributed by atoms with Crippen LogP contribution in [0.4, 0.5) is 0 Å². The Morgan fingerprint density at radius 3 is 0.786 bits per heavy atom. The van der Waals surface area contributed by atoms with Crippen LogP contribution in [0.15, 0.2) is 195 Å². The molecule has 11 aromatic rings. The molecule has 0 aliphatic carbocycles. The Morgan fingerprint density at radius 1 is 0.250 bits per heavy atom. The topological polar surface area (TPSA) is 61.4 Å². The number of fused-ring (bicyclic) bond motifs is 6. The first kappa shape index (κ1) is 31.8. The van der Waals surface area contributed by atoms with Gasteiger partial charge in [-0.25, -0.2) is 0 Å². The van der Waals surface area contributed by atoms with Crippen molar-refractivity contribution in [1.29, 1.82) is 0 Å². The molecule has 262 valence electrons. The first-order chi connectivity index (χ1) is 27.8. The number of hydrogen-bond acceptors (Lipinski definition) is 4. The van der Waals surface area contributed by atoms with Gasteiger partial charge in [-0.3, -0.25) is 19.9 Å². The predicted molar refractivity (Wildman–Crippen MR) is 228 cm³/mol. The Kier molecular flexibility index (Phi) is 7.38. The van der Waals surface area contributed by atoms with Crippen molar-refractivity contribution in [3.05, 3.63) is 195 Å². The summed E-state index contributed by atoms with van der Waals surface area (Å²) in [7, 11) is 0. The summed E-state index contributed by atoms with van der Waals surface area (Å²) in [4.78, 5) is 17.0. The average molecular weight is 717 g/mol. The highest BCUT2D eigenvalue weighted by atomic mass is 15.0. The molecule has 0 saturated carbocycles. The number of rotatable bonds is 6. The van der Waals surface area contributed by atoms with E-state index < -0.39 is 0 Å². The van der Waals surface area contributed by atoms with E-state index in [1.807, 2.05) is 49.6 Å². The number of aromatic nitrogens is 6. The Morgan fingerprint density at radius 2 is 0.518 bits per heavy atom. The summed E-state index contributed by atoms with van der Waals surface area (Å²) >= 11 is 0. The minimum atomic E-state index is 1.09. The monoisotopic (exact) mass is 716 g/mol. The summed E-state index contributed by atoms with van der Waals surface area (Å²) < 4.78 is 4.80. The van der Waals surface area contributed by atoms with Crippen LogP contribution in [-0.4, -0.2) is 29.1 Å². The van der Waals surface area contributed by atoms with Gasteiger partial charge in [-0.1, -0.05) is 30.3 Å². The second-order valence-electron chi connectivity index (χ2n) is 14.1. The molecule has 56 heavy (non-hydrogen) atoms. The summed E-state index contributed by atoms with van der Waals surface area (Å²) in [6.07, 6.45) is 14.8. The molecule has 6 heteroatoms. The van der Waals surface area contributed by atoms with Crippen molar-refractivity contribution in [3.8, 4) is 55.9 Å². The van der Waals surface area contributed by atoms with Crippen molar-refractivity contribution < 1.29 is 0 Å². The fourth-order valence-corrected chi connectivity index (χ4v) is 8.27. The molecule has 0 N–H and O–H groups in total. The lowest BCUT2D eigenvalue weighted by molar-refractivity contribution is 1.13. The third-order valence-corrected chi connectivity index (χ3v) is 10.9. The molecule has 0 unspecified atom stereocenters. The molecule has 0 atom stereocenters. The molecule has 6 heterocycles. The van der Waals surface area contributed by atoms with Crippen molar-refractivity contribution in [3.63, 3.8) is 0 Å². The van der Waals surface area contributed by atoms with Crippen LogP contribution in [0, 0.1) is 0 Å². The van der Waals surface area contributed by atoms with Gasteiger partial charge < -0.3 is 9.13 Å². The Labute approximate surface area is 322 Å². The highest BCUT2D eigenvalue weighted by Gasteiger charge is 2.18. The van der Waals surface area contributed by atoms with Gasteiger partial charge in [0, 0.05) is 82.5 Å². The molecule has 0 saturated heterocycles. The highest BCUT2D eigenvalue weighted by Crippen LogP contribution is 2.40. The Hall–Kier alpha value is -7.70. The maximum atomic E-state index is 4.26. The van der Waals surface area contributed by atoms with Crippen molar-refractivity contribution in [2.75, 3.05) is 0 Å². The molecular formula is C50H32N6. The van der Waals surface area contributed by atoms with Gasteiger partial charge in [-0.15, -0.1) is 0 Å². The van der Waals surface area contributed by atoms with E-state index >= 15 is 0 Å². The molecule has 6 nitrogen and oxygen atoms in total. The van der Waals surface area contributed by atoms with Crippen LogP contribution in [0.25, 0.3) is 99.5 Å². The quantitative estimate of drug-likeness (QED) is 0.172. The standard InChI is InChI=1S/C50H32N6/c1-2-41(55-47-8-4-37(33-12-20-51-21-13-33)28-43(47)44-29-38(5-9-48(44)55)34-14-22-52-23-15-34)32-42(3-1)56-49-10-6-39(35-16-24-53-25-17-35)30-45(49)46-31-40(7-11-50(46)56)36-18-26-54-27-19-36/h1-32H. The Bertz CT molecular complexity index is 2820. The molecule has 0 spiro atoms. The first-order valence-electron chi connectivity index (χ1n) is 18.7. The normalized spacial score (nSPS) is 11.6. The predicted octanol–water partition coefficient (Wildman–Crippen LogP) is 12.1. The van der Waals surface area contributed by atoms with E-state index in [9.17, 15) is 0 Å². The fourth-order valence-electron chi connectivity index (χ4n) is 8.27. The lowest BCUT2D eigenvalue weighted by Gasteiger charge is -2.13. The molecule has 0 amide bonds. The van der Waals surface area contributed by atoms with Gasteiger partial charge in [0.15, 0.2) is 0 Å². The van der Waals surface area contributed by atoms with Crippen molar-refractivity contribution in [2.24, 2.45) is 0 Å². The van der Waals surface area contributed by atoms with E-state index in [4.69, 9.17) is 0 Å². The van der Waals surface area contributed by atoms with Gasteiger partial charge in [-0.05, 0) is 160 Å². The van der Waals surface area contributed by atoms with E-state index in [1.165, 1.54) is 21.5 Å². The summed E-state index contributed by atoms with van der Waals surface area (Å²) in [5.41, 5.74) is 16.0. The van der Waals surface area contributed by atoms with E-state index in [0.29, 0.717) is 0 Å². The molecular weight excluding hydrogens is 685 g/mol. The number of nitrogens with zero attached hydrogens (tertiary/aromatic N) is 6. The van der Waals surface area contributed by atoms with Crippen LogP contribution >= 0.6 is 0 Å². The Balaban J connectivity index is 1.13. The second-order valence-corrected chi connectivity index (χ2v) is 14.1. The van der Waals surface area contributed by atoms with Gasteiger partial charge >= 0.3 is 0 Å². The van der Waals surface area contributed by atoms with Crippen LogP contribution in [0.5, 0.6) is 0 Å². The fraction of sp³-hybridized carbons (Fsp3) is 0. The molecule has 11 rings (SSSR count). The van der Waals surface area contributed by atoms with Crippen molar-refractivity contribution in [2.45, 2.75) is 0 Å². The summed E-state index contributed by atoms with van der Waals surface area (Å²) in [6, 6.07) is 52.6. The van der Waals surface area contributed by atoms with Crippen molar-refractivity contribution >= 4 is 43.6 Å². The molecule has 0 bridgehead atoms. The van der Waals surface area contributed by atoms with E-state index in [-0.39, 0.29) is 0 Å². The maximum Gasteiger partial charge on any atom is 0.0541 e. The third-order valence-electron chi connectivity index (χ3n) is 10.9. The number of hydrogen-bond donors (Lipinski definition) is 0. The lowest BCUT2D eigenvalue weighted by Crippen LogP contribution is -1.98. The lowest BCUT2D eigenvalue weighted by atomic mass is 10.0. The van der Waals surface area contributed by atoms with Crippen molar-refractivity contribution in [1.82, 2.24) is 29.1 Å². The molecule has 5 aromatic carbocycles. The zero-order valence-corrected chi connectivity index (χ0v) is 30.2. The molecule has 0 fully saturated rings. The van der Waals surface area contributed by atoms with Crippen LogP contribution in [-0.2, 0) is 0 Å². The maximum absolute atomic E-state index is 4.26. The van der Waals surface area contributed by atoms with Gasteiger partial charge in [0.25, 0.3) is 0 Å². The van der Waals surface area contributed by atoms with Crippen LogP contribution in [0.1, 0.15) is 0 Å². The minimum absolute atomic E-state index is 1.09. The smallest absolute Gasteiger partial charge is 0.0541 e. The molecule has 0 radical (unpaired) electrons. The molecule has 0 aliphatic rings. The average Bonchev–Trinajstić information content (AvgIpc) is 3.79. The van der Waals surface area contributed by atoms with Gasteiger partial charge in [0.1, 0.15) is 0 Å². The zero-order valence-electron chi connectivity index (χ0n) is 30.2. The van der Waals surface area contributed by atoms with Gasteiger partial charge in [-0.2, -0.15) is 0 Å². The minimum Gasteiger partial charge on any atom is -0.309 e. The van der Waals surface area contributed by atoms with E-state index in [2.05, 4.69) is 175 Å². The van der Waals surface area contributed by atoms with E-state index in [1.54, 1.807) is 0 Å². The third kappa shape index (κ3) is 5.27. The van der Waals surface area contributed by atoms with Crippen LogP contribution < -0.4 is 0 Å². The van der Waals surface area contributed by atoms with E-state index in [0.717, 1.165) is 77.9 Å². The number of pyridine rings is 4. The van der Waals surface area contributed by atoms with Gasteiger partial charge in [0.2, 0.25) is 0 Å². The van der Waals surface area contributed by atoms with Crippen LogP contribution in [0.2, 0.25) is 0 Å². The molecule has 0 aliphatic heterocycles. The summed E-state index contributed by atoms with van der Waals surface area (Å²) in [6.45, 7) is 0. The second kappa shape index (κ2) is 13.0. The molecule has 6 aromatic heterocycles. The number of benzene rings is 5. The van der Waals surface area contributed by atoms with Gasteiger partial charge in [0.05, 0.1) is 22.1 Å². The summed E-state index contributed by atoms with van der Waals surface area (Å²) in [5.74, 6) is 0.